The number of nitrogens with zero attached hydrogens (tertiary/aromatic N) is 4. The molecule has 10 heteroatoms. The van der Waals surface area contributed by atoms with E-state index in [1.807, 2.05) is 24.0 Å². The second kappa shape index (κ2) is 11.1. The van der Waals surface area contributed by atoms with E-state index in [9.17, 15) is 18.4 Å². The molecule has 8 nitrogen and oxygen atoms in total. The Labute approximate surface area is 221 Å². The van der Waals surface area contributed by atoms with Crippen molar-refractivity contribution in [1.29, 1.82) is 0 Å². The van der Waals surface area contributed by atoms with Crippen LogP contribution in [-0.4, -0.2) is 82.3 Å². The Balaban J connectivity index is 0.00000336. The van der Waals surface area contributed by atoms with Gasteiger partial charge in [0.15, 0.2) is 0 Å². The van der Waals surface area contributed by atoms with Crippen LogP contribution in [-0.2, 0) is 4.74 Å². The van der Waals surface area contributed by atoms with Gasteiger partial charge in [0.25, 0.3) is 11.5 Å². The van der Waals surface area contributed by atoms with Crippen molar-refractivity contribution in [2.75, 3.05) is 39.9 Å². The molecule has 1 aromatic carbocycles. The summed E-state index contributed by atoms with van der Waals surface area (Å²) in [6.45, 7) is 7.76. The van der Waals surface area contributed by atoms with E-state index < -0.39 is 5.92 Å². The number of carbonyl (C=O) groups is 1. The quantitative estimate of drug-likeness (QED) is 0.464. The first-order valence-corrected chi connectivity index (χ1v) is 13.1. The van der Waals surface area contributed by atoms with Gasteiger partial charge in [-0.25, -0.2) is 8.78 Å². The highest BCUT2D eigenvalue weighted by Gasteiger charge is 2.36. The minimum absolute atomic E-state index is 0. The number of fused-ring (bicyclic) bond motifs is 3. The number of aromatic amines is 1. The average molecular weight is 532 g/mol. The zero-order chi connectivity index (χ0) is 26.3. The molecular weight excluding hydrogens is 492 g/mol. The number of piperazine rings is 1. The molecule has 1 aliphatic carbocycles. The van der Waals surface area contributed by atoms with Crippen LogP contribution in [0.5, 0.6) is 0 Å². The third-order valence-corrected chi connectivity index (χ3v) is 8.02. The third-order valence-electron chi connectivity index (χ3n) is 8.02. The first-order valence-electron chi connectivity index (χ1n) is 13.1. The lowest BCUT2D eigenvalue weighted by Crippen LogP contribution is -2.53. The highest BCUT2D eigenvalue weighted by Crippen LogP contribution is 2.40. The minimum atomic E-state index is -2.65. The largest absolute Gasteiger partial charge is 0.385 e. The molecule has 3 aromatic rings. The number of pyridine rings is 1. The molecule has 5 rings (SSSR count). The smallest absolute Gasteiger partial charge is 0.259 e. The van der Waals surface area contributed by atoms with E-state index in [4.69, 9.17) is 4.74 Å². The molecule has 1 saturated heterocycles. The summed E-state index contributed by atoms with van der Waals surface area (Å²) in [6, 6.07) is 3.70. The van der Waals surface area contributed by atoms with Gasteiger partial charge >= 0.3 is 0 Å². The lowest BCUT2D eigenvalue weighted by atomic mass is 9.92. The van der Waals surface area contributed by atoms with E-state index in [-0.39, 0.29) is 43.8 Å². The summed E-state index contributed by atoms with van der Waals surface area (Å²) in [5, 5.41) is 5.58. The molecule has 38 heavy (non-hydrogen) atoms. The van der Waals surface area contributed by atoms with Crippen molar-refractivity contribution in [3.05, 3.63) is 39.8 Å². The van der Waals surface area contributed by atoms with Crippen LogP contribution in [0.1, 0.15) is 68.4 Å². The number of alkyl halides is 2. The molecule has 2 aromatic heterocycles. The van der Waals surface area contributed by atoms with Crippen molar-refractivity contribution in [3.8, 4) is 0 Å². The zero-order valence-electron chi connectivity index (χ0n) is 21.7. The number of H-pyrrole nitrogens is 1. The molecule has 0 radical (unpaired) electrons. The Morgan fingerprint density at radius 1 is 1.21 bits per heavy atom. The molecular formula is C28H39F2N5O3. The van der Waals surface area contributed by atoms with E-state index in [0.29, 0.717) is 53.3 Å². The van der Waals surface area contributed by atoms with Crippen LogP contribution >= 0.6 is 0 Å². The molecule has 208 valence electrons. The molecule has 1 N–H and O–H groups in total. The Morgan fingerprint density at radius 2 is 1.95 bits per heavy atom. The SMILES string of the molecule is C.COCCCN1CCN(C(=O)c2cc3c(cc2C)[nH]c(=O)c2cnn(C4CCC(F)(F)CC4)c23)C[C@@H]1C. The highest BCUT2D eigenvalue weighted by molar-refractivity contribution is 6.07. The van der Waals surface area contributed by atoms with Gasteiger partial charge in [-0.2, -0.15) is 5.10 Å². The summed E-state index contributed by atoms with van der Waals surface area (Å²) in [7, 11) is 1.70. The molecule has 0 bridgehead atoms. The minimum Gasteiger partial charge on any atom is -0.385 e. The van der Waals surface area contributed by atoms with Crippen LogP contribution in [0.4, 0.5) is 8.78 Å². The Kier molecular flexibility index (Phi) is 8.23. The van der Waals surface area contributed by atoms with Crippen LogP contribution in [0.25, 0.3) is 21.8 Å². The van der Waals surface area contributed by atoms with E-state index in [1.165, 1.54) is 6.20 Å². The maximum absolute atomic E-state index is 13.8. The predicted molar refractivity (Wildman–Crippen MR) is 145 cm³/mol. The third kappa shape index (κ3) is 5.33. The van der Waals surface area contributed by atoms with Gasteiger partial charge in [0.2, 0.25) is 5.92 Å². The molecule has 0 spiro atoms. The van der Waals surface area contributed by atoms with Crippen LogP contribution in [0.15, 0.2) is 23.1 Å². The fraction of sp³-hybridized carbons (Fsp3) is 0.607. The van der Waals surface area contributed by atoms with Gasteiger partial charge in [0, 0.05) is 69.7 Å². The fourth-order valence-corrected chi connectivity index (χ4v) is 5.86. The van der Waals surface area contributed by atoms with Crippen LogP contribution in [0.3, 0.4) is 0 Å². The van der Waals surface area contributed by atoms with Gasteiger partial charge in [0.1, 0.15) is 0 Å². The Morgan fingerprint density at radius 3 is 2.63 bits per heavy atom. The van der Waals surface area contributed by atoms with Crippen molar-refractivity contribution < 1.29 is 18.3 Å². The second-order valence-electron chi connectivity index (χ2n) is 10.6. The number of aryl methyl sites for hydroxylation is 1. The molecule has 3 heterocycles. The van der Waals surface area contributed by atoms with Gasteiger partial charge in [-0.1, -0.05) is 7.43 Å². The van der Waals surface area contributed by atoms with E-state index in [0.717, 1.165) is 31.7 Å². The number of amides is 1. The van der Waals surface area contributed by atoms with E-state index in [1.54, 1.807) is 11.8 Å². The summed E-state index contributed by atoms with van der Waals surface area (Å²) < 4.78 is 34.5. The predicted octanol–water partition coefficient (Wildman–Crippen LogP) is 4.76. The molecule has 2 aliphatic rings. The normalized spacial score (nSPS) is 20.7. The number of hydrogen-bond acceptors (Lipinski definition) is 5. The standard InChI is InChI=1S/C27H35F2N5O3.CH4/c1-17-13-23-21(14-20(17)26(36)33-11-10-32(18(2)16-33)9-4-12-37-3)24-22(25(35)31-23)15-30-34(24)19-5-7-27(28,29)8-6-19;/h13-15,18-19H,4-12,16H2,1-3H3,(H,31,35);1H4/t18-;/m0./s1. The average Bonchev–Trinajstić information content (AvgIpc) is 3.30. The van der Waals surface area contributed by atoms with Crippen LogP contribution in [0.2, 0.25) is 0 Å². The summed E-state index contributed by atoms with van der Waals surface area (Å²) in [4.78, 5) is 33.7. The summed E-state index contributed by atoms with van der Waals surface area (Å²) in [5.74, 6) is -2.69. The van der Waals surface area contributed by atoms with Crippen LogP contribution < -0.4 is 5.56 Å². The van der Waals surface area contributed by atoms with Crippen molar-refractivity contribution in [2.24, 2.45) is 0 Å². The topological polar surface area (TPSA) is 83.5 Å². The lowest BCUT2D eigenvalue weighted by molar-refractivity contribution is -0.0445. The van der Waals surface area contributed by atoms with Gasteiger partial charge in [0.05, 0.1) is 28.7 Å². The second-order valence-corrected chi connectivity index (χ2v) is 10.6. The lowest BCUT2D eigenvalue weighted by Gasteiger charge is -2.40. The number of methoxy groups -OCH3 is 1. The number of nitrogens with one attached hydrogen (secondary N) is 1. The Hall–Kier alpha value is -2.85. The molecule has 1 atom stereocenters. The van der Waals surface area contributed by atoms with Crippen molar-refractivity contribution >= 4 is 27.7 Å². The van der Waals surface area contributed by atoms with Crippen molar-refractivity contribution in [3.63, 3.8) is 0 Å². The summed E-state index contributed by atoms with van der Waals surface area (Å²) in [5.41, 5.74) is 2.33. The number of halogens is 2. The molecule has 1 saturated carbocycles. The monoisotopic (exact) mass is 531 g/mol. The number of ether oxygens (including phenoxy) is 1. The number of rotatable bonds is 6. The first kappa shape index (κ1) is 28.2. The summed E-state index contributed by atoms with van der Waals surface area (Å²) >= 11 is 0. The Bertz CT molecular complexity index is 1360. The molecule has 2 fully saturated rings. The first-order chi connectivity index (χ1) is 17.7. The molecule has 0 unspecified atom stereocenters. The van der Waals surface area contributed by atoms with Crippen LogP contribution in [0, 0.1) is 6.92 Å². The zero-order valence-corrected chi connectivity index (χ0v) is 21.7. The van der Waals surface area contributed by atoms with E-state index in [2.05, 4.69) is 21.9 Å². The number of benzene rings is 1. The molecule has 1 aliphatic heterocycles. The van der Waals surface area contributed by atoms with E-state index >= 15 is 0 Å². The number of aromatic nitrogens is 3. The maximum Gasteiger partial charge on any atom is 0.259 e. The van der Waals surface area contributed by atoms with Gasteiger partial charge < -0.3 is 14.6 Å². The number of carbonyl (C=O) groups excluding carboxylic acids is 1. The van der Waals surface area contributed by atoms with Crippen molar-refractivity contribution in [1.82, 2.24) is 24.6 Å². The van der Waals surface area contributed by atoms with Gasteiger partial charge in [-0.05, 0) is 50.8 Å². The van der Waals surface area contributed by atoms with Crippen molar-refractivity contribution in [2.45, 2.75) is 71.4 Å². The number of hydrogen-bond donors (Lipinski definition) is 1. The fourth-order valence-electron chi connectivity index (χ4n) is 5.86. The van der Waals surface area contributed by atoms with Gasteiger partial charge in [-0.3, -0.25) is 19.2 Å². The summed E-state index contributed by atoms with van der Waals surface area (Å²) in [6.07, 6.45) is 2.66. The maximum atomic E-state index is 13.8. The van der Waals surface area contributed by atoms with Gasteiger partial charge in [-0.15, -0.1) is 0 Å². The highest BCUT2D eigenvalue weighted by atomic mass is 19.3. The molecule has 1 amide bonds.